The van der Waals surface area contributed by atoms with Gasteiger partial charge in [-0.2, -0.15) is 0 Å². The first-order valence-electron chi connectivity index (χ1n) is 9.02. The summed E-state index contributed by atoms with van der Waals surface area (Å²) in [4.78, 5) is 24.5. The van der Waals surface area contributed by atoms with Crippen molar-refractivity contribution >= 4 is 17.5 Å². The van der Waals surface area contributed by atoms with Gasteiger partial charge in [0.25, 0.3) is 11.8 Å². The molecule has 0 fully saturated rings. The molecule has 0 saturated heterocycles. The molecule has 0 spiro atoms. The Balaban J connectivity index is 1.95. The molecule has 0 bridgehead atoms. The minimum atomic E-state index is -0.305. The molecule has 5 heteroatoms. The summed E-state index contributed by atoms with van der Waals surface area (Å²) in [5, 5.41) is 5.62. The molecule has 0 saturated carbocycles. The highest BCUT2D eigenvalue weighted by atomic mass is 16.5. The normalized spacial score (nSPS) is 10.2. The molecule has 2 aromatic rings. The summed E-state index contributed by atoms with van der Waals surface area (Å²) in [5.74, 6) is 0.164. The van der Waals surface area contributed by atoms with E-state index in [-0.39, 0.29) is 18.4 Å². The van der Waals surface area contributed by atoms with Crippen molar-refractivity contribution in [3.63, 3.8) is 0 Å². The van der Waals surface area contributed by atoms with Crippen LogP contribution in [0, 0.1) is 0 Å². The largest absolute Gasteiger partial charge is 0.484 e. The number of carbonyl (C=O) groups is 2. The maximum absolute atomic E-state index is 12.3. The van der Waals surface area contributed by atoms with Gasteiger partial charge in [-0.05, 0) is 42.7 Å². The fourth-order valence-electron chi connectivity index (χ4n) is 2.45. The van der Waals surface area contributed by atoms with Crippen LogP contribution in [0.5, 0.6) is 5.75 Å². The Morgan fingerprint density at radius 1 is 1.04 bits per heavy atom. The van der Waals surface area contributed by atoms with E-state index in [1.165, 1.54) is 0 Å². The van der Waals surface area contributed by atoms with Crippen LogP contribution >= 0.6 is 0 Å². The molecule has 2 N–H and O–H groups in total. The van der Waals surface area contributed by atoms with Crippen molar-refractivity contribution in [2.45, 2.75) is 33.1 Å². The van der Waals surface area contributed by atoms with Crippen molar-refractivity contribution in [2.75, 3.05) is 18.5 Å². The number of hydrogen-bond donors (Lipinski definition) is 2. The molecule has 2 rings (SSSR count). The zero-order valence-electron chi connectivity index (χ0n) is 15.4. The van der Waals surface area contributed by atoms with E-state index in [1.807, 2.05) is 24.3 Å². The van der Waals surface area contributed by atoms with Gasteiger partial charge in [0.1, 0.15) is 5.75 Å². The summed E-state index contributed by atoms with van der Waals surface area (Å²) >= 11 is 0. The zero-order valence-corrected chi connectivity index (χ0v) is 15.4. The number of anilines is 1. The number of aryl methyl sites for hydroxylation is 1. The molecule has 0 heterocycles. The summed E-state index contributed by atoms with van der Waals surface area (Å²) in [6.45, 7) is 4.64. The Labute approximate surface area is 154 Å². The van der Waals surface area contributed by atoms with Crippen LogP contribution in [0.1, 0.15) is 42.6 Å². The van der Waals surface area contributed by atoms with E-state index in [0.29, 0.717) is 23.5 Å². The Morgan fingerprint density at radius 3 is 2.62 bits per heavy atom. The van der Waals surface area contributed by atoms with Gasteiger partial charge in [-0.15, -0.1) is 0 Å². The van der Waals surface area contributed by atoms with Gasteiger partial charge in [-0.25, -0.2) is 0 Å². The highest BCUT2D eigenvalue weighted by Crippen LogP contribution is 2.16. The van der Waals surface area contributed by atoms with E-state index in [0.717, 1.165) is 24.8 Å². The lowest BCUT2D eigenvalue weighted by Crippen LogP contribution is -2.27. The standard InChI is InChI=1S/C21H26N2O3/c1-3-5-13-22-21(25)18-11-6-7-12-19(18)23-20(24)15-26-17-10-8-9-16(4-2)14-17/h6-12,14H,3-5,13,15H2,1-2H3,(H,22,25)(H,23,24). The van der Waals surface area contributed by atoms with Gasteiger partial charge in [-0.1, -0.05) is 44.5 Å². The third-order valence-corrected chi connectivity index (χ3v) is 3.94. The average Bonchev–Trinajstić information content (AvgIpc) is 2.67. The lowest BCUT2D eigenvalue weighted by Gasteiger charge is -2.12. The summed E-state index contributed by atoms with van der Waals surface area (Å²) < 4.78 is 5.55. The highest BCUT2D eigenvalue weighted by molar-refractivity contribution is 6.04. The number of benzene rings is 2. The number of nitrogens with one attached hydrogen (secondary N) is 2. The second kappa shape index (κ2) is 10.2. The third kappa shape index (κ3) is 5.92. The lowest BCUT2D eigenvalue weighted by atomic mass is 10.1. The molecule has 0 aliphatic heterocycles. The molecule has 26 heavy (non-hydrogen) atoms. The summed E-state index contributed by atoms with van der Waals surface area (Å²) in [6.07, 6.45) is 2.84. The zero-order chi connectivity index (χ0) is 18.8. The van der Waals surface area contributed by atoms with Crippen LogP contribution in [0.2, 0.25) is 0 Å². The van der Waals surface area contributed by atoms with Gasteiger partial charge in [0.05, 0.1) is 11.3 Å². The number of carbonyl (C=O) groups excluding carboxylic acids is 2. The topological polar surface area (TPSA) is 67.4 Å². The Bertz CT molecular complexity index is 744. The molecular weight excluding hydrogens is 328 g/mol. The summed E-state index contributed by atoms with van der Waals surface area (Å²) in [6, 6.07) is 14.6. The Morgan fingerprint density at radius 2 is 1.85 bits per heavy atom. The first kappa shape index (κ1) is 19.5. The predicted molar refractivity (Wildman–Crippen MR) is 104 cm³/mol. The Kier molecular flexibility index (Phi) is 7.68. The van der Waals surface area contributed by atoms with Crippen molar-refractivity contribution < 1.29 is 14.3 Å². The quantitative estimate of drug-likeness (QED) is 0.673. The van der Waals surface area contributed by atoms with Crippen molar-refractivity contribution in [3.8, 4) is 5.75 Å². The van der Waals surface area contributed by atoms with Crippen LogP contribution < -0.4 is 15.4 Å². The first-order valence-corrected chi connectivity index (χ1v) is 9.02. The lowest BCUT2D eigenvalue weighted by molar-refractivity contribution is -0.118. The van der Waals surface area contributed by atoms with Crippen LogP contribution in [-0.4, -0.2) is 25.0 Å². The van der Waals surface area contributed by atoms with Gasteiger partial charge in [0.15, 0.2) is 6.61 Å². The van der Waals surface area contributed by atoms with Crippen LogP contribution in [0.25, 0.3) is 0 Å². The van der Waals surface area contributed by atoms with Gasteiger partial charge < -0.3 is 15.4 Å². The summed E-state index contributed by atoms with van der Waals surface area (Å²) in [5.41, 5.74) is 2.08. The third-order valence-electron chi connectivity index (χ3n) is 3.94. The predicted octanol–water partition coefficient (Wildman–Crippen LogP) is 3.80. The van der Waals surface area contributed by atoms with E-state index in [1.54, 1.807) is 24.3 Å². The van der Waals surface area contributed by atoms with E-state index in [4.69, 9.17) is 4.74 Å². The Hall–Kier alpha value is -2.82. The fraction of sp³-hybridized carbons (Fsp3) is 0.333. The summed E-state index contributed by atoms with van der Waals surface area (Å²) in [7, 11) is 0. The molecule has 0 radical (unpaired) electrons. The molecule has 2 aromatic carbocycles. The van der Waals surface area contributed by atoms with Crippen LogP contribution in [0.4, 0.5) is 5.69 Å². The number of unbranched alkanes of at least 4 members (excludes halogenated alkanes) is 1. The number of ether oxygens (including phenoxy) is 1. The van der Waals surface area contributed by atoms with Gasteiger partial charge in [0, 0.05) is 6.54 Å². The molecule has 0 aromatic heterocycles. The fourth-order valence-corrected chi connectivity index (χ4v) is 2.45. The van der Waals surface area contributed by atoms with Crippen LogP contribution in [-0.2, 0) is 11.2 Å². The van der Waals surface area contributed by atoms with Crippen LogP contribution in [0.15, 0.2) is 48.5 Å². The molecule has 0 atom stereocenters. The maximum atomic E-state index is 12.3. The van der Waals surface area contributed by atoms with Crippen LogP contribution in [0.3, 0.4) is 0 Å². The van der Waals surface area contributed by atoms with E-state index < -0.39 is 0 Å². The molecule has 0 aliphatic rings. The minimum Gasteiger partial charge on any atom is -0.484 e. The molecule has 5 nitrogen and oxygen atoms in total. The maximum Gasteiger partial charge on any atom is 0.262 e. The van der Waals surface area contributed by atoms with Gasteiger partial charge in [-0.3, -0.25) is 9.59 Å². The molecule has 0 aliphatic carbocycles. The average molecular weight is 354 g/mol. The van der Waals surface area contributed by atoms with E-state index in [2.05, 4.69) is 24.5 Å². The minimum absolute atomic E-state index is 0.112. The number of hydrogen-bond acceptors (Lipinski definition) is 3. The molecular formula is C21H26N2O3. The molecule has 0 unspecified atom stereocenters. The van der Waals surface area contributed by atoms with Gasteiger partial charge in [0.2, 0.25) is 0 Å². The van der Waals surface area contributed by atoms with E-state index >= 15 is 0 Å². The first-order chi connectivity index (χ1) is 12.6. The number of rotatable bonds is 9. The van der Waals surface area contributed by atoms with Crippen molar-refractivity contribution in [1.29, 1.82) is 0 Å². The van der Waals surface area contributed by atoms with Gasteiger partial charge >= 0.3 is 0 Å². The van der Waals surface area contributed by atoms with E-state index in [9.17, 15) is 9.59 Å². The highest BCUT2D eigenvalue weighted by Gasteiger charge is 2.13. The molecule has 2 amide bonds. The number of amides is 2. The smallest absolute Gasteiger partial charge is 0.262 e. The van der Waals surface area contributed by atoms with Crippen molar-refractivity contribution in [3.05, 3.63) is 59.7 Å². The van der Waals surface area contributed by atoms with Crippen molar-refractivity contribution in [2.24, 2.45) is 0 Å². The molecule has 138 valence electrons. The van der Waals surface area contributed by atoms with Crippen molar-refractivity contribution in [1.82, 2.24) is 5.32 Å². The SMILES string of the molecule is CCCCNC(=O)c1ccccc1NC(=O)COc1cccc(CC)c1. The second-order valence-corrected chi connectivity index (χ2v) is 5.99. The second-order valence-electron chi connectivity index (χ2n) is 5.99. The monoisotopic (exact) mass is 354 g/mol. The number of para-hydroxylation sites is 1.